The molecule has 3 aromatic carbocycles. The largest absolute Gasteiger partial charge is 0.380 e. The number of azo groups is 1. The molecule has 0 radical (unpaired) electrons. The number of anilines is 1. The molecule has 5 rings (SSSR count). The summed E-state index contributed by atoms with van der Waals surface area (Å²) >= 11 is 0. The Balaban J connectivity index is 1.69. The van der Waals surface area contributed by atoms with Gasteiger partial charge >= 0.3 is 0 Å². The van der Waals surface area contributed by atoms with E-state index in [2.05, 4.69) is 44.6 Å². The summed E-state index contributed by atoms with van der Waals surface area (Å²) in [6.45, 7) is 0. The van der Waals surface area contributed by atoms with Gasteiger partial charge in [0.1, 0.15) is 0 Å². The summed E-state index contributed by atoms with van der Waals surface area (Å²) < 4.78 is 1.73. The second-order valence-corrected chi connectivity index (χ2v) is 6.36. The van der Waals surface area contributed by atoms with Crippen molar-refractivity contribution in [3.05, 3.63) is 85.1 Å². The third kappa shape index (κ3) is 2.68. The zero-order valence-corrected chi connectivity index (χ0v) is 14.9. The number of nitrogens with two attached hydrogens (primary N) is 1. The molecule has 0 fully saturated rings. The molecular formula is C22H16N6. The lowest BCUT2D eigenvalue weighted by atomic mass is 10.0. The van der Waals surface area contributed by atoms with Crippen molar-refractivity contribution in [3.63, 3.8) is 0 Å². The Morgan fingerprint density at radius 3 is 2.46 bits per heavy atom. The summed E-state index contributed by atoms with van der Waals surface area (Å²) in [6.07, 6.45) is 1.75. The molecule has 0 spiro atoms. The number of aromatic nitrogens is 3. The number of fused-ring (bicyclic) bond motifs is 2. The van der Waals surface area contributed by atoms with Crippen LogP contribution in [0.25, 0.3) is 27.7 Å². The second-order valence-electron chi connectivity index (χ2n) is 6.36. The van der Waals surface area contributed by atoms with Gasteiger partial charge in [-0.1, -0.05) is 60.7 Å². The molecular weight excluding hydrogens is 348 g/mol. The third-order valence-corrected chi connectivity index (χ3v) is 4.61. The molecule has 0 amide bonds. The second kappa shape index (κ2) is 6.59. The van der Waals surface area contributed by atoms with Crippen LogP contribution in [-0.4, -0.2) is 14.6 Å². The molecule has 0 bridgehead atoms. The molecule has 2 aromatic heterocycles. The highest BCUT2D eigenvalue weighted by Gasteiger charge is 2.15. The fourth-order valence-corrected chi connectivity index (χ4v) is 3.30. The first kappa shape index (κ1) is 16.1. The van der Waals surface area contributed by atoms with Gasteiger partial charge in [-0.15, -0.1) is 10.2 Å². The average Bonchev–Trinajstić information content (AvgIpc) is 3.07. The van der Waals surface area contributed by atoms with E-state index < -0.39 is 0 Å². The van der Waals surface area contributed by atoms with Gasteiger partial charge in [-0.25, -0.2) is 9.50 Å². The Labute approximate surface area is 161 Å². The molecule has 0 aliphatic heterocycles. The van der Waals surface area contributed by atoms with E-state index >= 15 is 0 Å². The van der Waals surface area contributed by atoms with Crippen LogP contribution in [0.2, 0.25) is 0 Å². The Hall–Kier alpha value is -4.06. The van der Waals surface area contributed by atoms with Gasteiger partial charge in [0, 0.05) is 11.8 Å². The summed E-state index contributed by atoms with van der Waals surface area (Å²) in [5.41, 5.74) is 9.88. The number of hydrogen-bond acceptors (Lipinski definition) is 5. The third-order valence-electron chi connectivity index (χ3n) is 4.61. The standard InChI is InChI=1S/C22H16N6/c23-21-20(26-25-16-9-2-1-3-10-16)22-24-14-13-19(28(22)27-21)18-12-6-8-15-7-4-5-11-17(15)18/h1-14H,(H2,23,27). The van der Waals surface area contributed by atoms with Crippen molar-refractivity contribution in [3.8, 4) is 11.3 Å². The first-order chi connectivity index (χ1) is 13.8. The van der Waals surface area contributed by atoms with Crippen LogP contribution in [0.15, 0.2) is 95.3 Å². The van der Waals surface area contributed by atoms with Crippen LogP contribution < -0.4 is 5.73 Å². The zero-order chi connectivity index (χ0) is 18.9. The SMILES string of the molecule is Nc1nn2c(-c3cccc4ccccc34)ccnc2c1N=Nc1ccccc1. The van der Waals surface area contributed by atoms with E-state index in [1.54, 1.807) is 10.7 Å². The molecule has 5 aromatic rings. The Morgan fingerprint density at radius 1 is 0.786 bits per heavy atom. The van der Waals surface area contributed by atoms with E-state index in [0.29, 0.717) is 17.2 Å². The Kier molecular flexibility index (Phi) is 3.80. The fourth-order valence-electron chi connectivity index (χ4n) is 3.30. The molecule has 0 unspecified atom stereocenters. The predicted octanol–water partition coefficient (Wildman–Crippen LogP) is 5.55. The summed E-state index contributed by atoms with van der Waals surface area (Å²) in [7, 11) is 0. The summed E-state index contributed by atoms with van der Waals surface area (Å²) in [5, 5.41) is 15.4. The highest BCUT2D eigenvalue weighted by Crippen LogP contribution is 2.33. The molecule has 2 N–H and O–H groups in total. The van der Waals surface area contributed by atoms with Crippen LogP contribution >= 0.6 is 0 Å². The molecule has 2 heterocycles. The van der Waals surface area contributed by atoms with E-state index in [1.807, 2.05) is 54.6 Å². The average molecular weight is 364 g/mol. The minimum Gasteiger partial charge on any atom is -0.380 e. The Morgan fingerprint density at radius 2 is 1.57 bits per heavy atom. The van der Waals surface area contributed by atoms with E-state index in [9.17, 15) is 0 Å². The van der Waals surface area contributed by atoms with Crippen molar-refractivity contribution in [1.29, 1.82) is 0 Å². The highest BCUT2D eigenvalue weighted by molar-refractivity contribution is 5.96. The normalized spacial score (nSPS) is 11.6. The minimum absolute atomic E-state index is 0.292. The van der Waals surface area contributed by atoms with Crippen LogP contribution in [0.5, 0.6) is 0 Å². The summed E-state index contributed by atoms with van der Waals surface area (Å²) in [4.78, 5) is 4.45. The van der Waals surface area contributed by atoms with Crippen molar-refractivity contribution in [1.82, 2.24) is 14.6 Å². The van der Waals surface area contributed by atoms with Gasteiger partial charge in [-0.3, -0.25) is 0 Å². The van der Waals surface area contributed by atoms with Crippen molar-refractivity contribution < 1.29 is 0 Å². The van der Waals surface area contributed by atoms with Crippen LogP contribution in [0.1, 0.15) is 0 Å². The van der Waals surface area contributed by atoms with Crippen LogP contribution in [0.3, 0.4) is 0 Å². The van der Waals surface area contributed by atoms with Gasteiger partial charge in [-0.05, 0) is 29.0 Å². The van der Waals surface area contributed by atoms with Gasteiger partial charge in [0.15, 0.2) is 17.2 Å². The number of nitrogens with zero attached hydrogens (tertiary/aromatic N) is 5. The van der Waals surface area contributed by atoms with E-state index in [4.69, 9.17) is 5.73 Å². The first-order valence-corrected chi connectivity index (χ1v) is 8.89. The Bertz CT molecular complexity index is 1320. The molecule has 6 heteroatoms. The first-order valence-electron chi connectivity index (χ1n) is 8.89. The maximum atomic E-state index is 6.15. The van der Waals surface area contributed by atoms with Crippen LogP contribution in [0, 0.1) is 0 Å². The van der Waals surface area contributed by atoms with E-state index in [0.717, 1.165) is 27.7 Å². The fraction of sp³-hybridized carbons (Fsp3) is 0. The van der Waals surface area contributed by atoms with E-state index in [1.165, 1.54) is 0 Å². The molecule has 6 nitrogen and oxygen atoms in total. The van der Waals surface area contributed by atoms with Crippen molar-refractivity contribution in [2.45, 2.75) is 0 Å². The van der Waals surface area contributed by atoms with Gasteiger partial charge in [0.2, 0.25) is 0 Å². The molecule has 0 aliphatic rings. The quantitative estimate of drug-likeness (QED) is 0.426. The highest BCUT2D eigenvalue weighted by atomic mass is 15.3. The maximum Gasteiger partial charge on any atom is 0.185 e. The number of hydrogen-bond donors (Lipinski definition) is 1. The lowest BCUT2D eigenvalue weighted by molar-refractivity contribution is 0.955. The smallest absolute Gasteiger partial charge is 0.185 e. The van der Waals surface area contributed by atoms with E-state index in [-0.39, 0.29) is 0 Å². The predicted molar refractivity (Wildman–Crippen MR) is 111 cm³/mol. The monoisotopic (exact) mass is 364 g/mol. The van der Waals surface area contributed by atoms with Gasteiger partial charge in [0.05, 0.1) is 11.4 Å². The van der Waals surface area contributed by atoms with Crippen LogP contribution in [-0.2, 0) is 0 Å². The van der Waals surface area contributed by atoms with Gasteiger partial charge in [-0.2, -0.15) is 5.11 Å². The lowest BCUT2D eigenvalue weighted by Crippen LogP contribution is -1.96. The van der Waals surface area contributed by atoms with Crippen molar-refractivity contribution in [2.75, 3.05) is 5.73 Å². The van der Waals surface area contributed by atoms with Crippen molar-refractivity contribution in [2.24, 2.45) is 10.2 Å². The summed E-state index contributed by atoms with van der Waals surface area (Å²) in [5.74, 6) is 0.292. The minimum atomic E-state index is 0.292. The van der Waals surface area contributed by atoms with Gasteiger partial charge < -0.3 is 5.73 Å². The topological polar surface area (TPSA) is 80.9 Å². The molecule has 134 valence electrons. The molecule has 0 aliphatic carbocycles. The molecule has 0 saturated heterocycles. The molecule has 28 heavy (non-hydrogen) atoms. The van der Waals surface area contributed by atoms with Gasteiger partial charge in [0.25, 0.3) is 0 Å². The maximum absolute atomic E-state index is 6.15. The number of rotatable bonds is 3. The lowest BCUT2D eigenvalue weighted by Gasteiger charge is -2.08. The molecule has 0 saturated carbocycles. The van der Waals surface area contributed by atoms with Crippen molar-refractivity contribution >= 4 is 33.6 Å². The van der Waals surface area contributed by atoms with Crippen LogP contribution in [0.4, 0.5) is 17.2 Å². The number of benzene rings is 3. The zero-order valence-electron chi connectivity index (χ0n) is 14.9. The molecule has 0 atom stereocenters. The number of nitrogen functional groups attached to an aromatic ring is 1. The summed E-state index contributed by atoms with van der Waals surface area (Å²) in [6, 6.07) is 25.9.